The van der Waals surface area contributed by atoms with E-state index in [0.717, 1.165) is 19.3 Å². The van der Waals surface area contributed by atoms with E-state index in [4.69, 9.17) is 25.8 Å². The normalized spacial score (nSPS) is 20.7. The van der Waals surface area contributed by atoms with Gasteiger partial charge in [-0.25, -0.2) is 4.98 Å². The van der Waals surface area contributed by atoms with E-state index in [-0.39, 0.29) is 5.28 Å². The van der Waals surface area contributed by atoms with Gasteiger partial charge in [-0.15, -0.1) is 0 Å². The zero-order chi connectivity index (χ0) is 18.0. The van der Waals surface area contributed by atoms with Crippen molar-refractivity contribution in [3.63, 3.8) is 0 Å². The molecule has 2 heterocycles. The van der Waals surface area contributed by atoms with Crippen LogP contribution in [0.5, 0.6) is 5.88 Å². The maximum Gasteiger partial charge on any atom is 0.423 e. The fraction of sp³-hybridized carbons (Fsp3) is 0.733. The van der Waals surface area contributed by atoms with Crippen molar-refractivity contribution in [1.29, 1.82) is 0 Å². The summed E-state index contributed by atoms with van der Waals surface area (Å²) in [6.07, 6.45) is -2.46. The molecule has 1 aliphatic heterocycles. The molecule has 1 aromatic rings. The molecule has 0 aliphatic carbocycles. The van der Waals surface area contributed by atoms with E-state index in [9.17, 15) is 13.2 Å². The van der Waals surface area contributed by atoms with Crippen LogP contribution in [-0.4, -0.2) is 34.6 Å². The second-order valence-corrected chi connectivity index (χ2v) is 6.47. The summed E-state index contributed by atoms with van der Waals surface area (Å²) in [5.74, 6) is -0.615. The van der Waals surface area contributed by atoms with Crippen molar-refractivity contribution in [3.05, 3.63) is 17.0 Å². The predicted molar refractivity (Wildman–Crippen MR) is 80.9 cm³/mol. The molecule has 0 amide bonds. The van der Waals surface area contributed by atoms with Gasteiger partial charge in [0.2, 0.25) is 11.2 Å². The minimum atomic E-state index is -4.64. The van der Waals surface area contributed by atoms with Gasteiger partial charge in [0.1, 0.15) is 17.3 Å². The van der Waals surface area contributed by atoms with Gasteiger partial charge in [-0.3, -0.25) is 0 Å². The van der Waals surface area contributed by atoms with Crippen LogP contribution in [0.25, 0.3) is 0 Å². The fourth-order valence-electron chi connectivity index (χ4n) is 2.18. The van der Waals surface area contributed by atoms with Crippen molar-refractivity contribution >= 4 is 11.6 Å². The number of hydrogen-bond acceptors (Lipinski definition) is 5. The highest BCUT2D eigenvalue weighted by Crippen LogP contribution is 2.36. The second kappa shape index (κ2) is 7.41. The average molecular weight is 369 g/mol. The van der Waals surface area contributed by atoms with Crippen LogP contribution in [0.2, 0.25) is 5.28 Å². The molecular weight excluding hydrogens is 349 g/mol. The molecule has 0 radical (unpaired) electrons. The van der Waals surface area contributed by atoms with Gasteiger partial charge in [0.25, 0.3) is 0 Å². The van der Waals surface area contributed by atoms with Crippen molar-refractivity contribution in [1.82, 2.24) is 9.97 Å². The lowest BCUT2D eigenvalue weighted by Gasteiger charge is -2.36. The zero-order valence-electron chi connectivity index (χ0n) is 13.7. The standard InChI is InChI=1S/C15H20ClF3N2O3/c1-9(14(2,3)24-11-6-4-5-7-22-11)23-12-10(15(17,18)19)8-20-13(16)21-12/h8-9,11H,4-7H2,1-3H3/t9-,11?/m1/s1. The van der Waals surface area contributed by atoms with Crippen molar-refractivity contribution in [2.45, 2.75) is 64.2 Å². The molecule has 1 aromatic heterocycles. The van der Waals surface area contributed by atoms with Crippen LogP contribution in [0.15, 0.2) is 6.20 Å². The zero-order valence-corrected chi connectivity index (χ0v) is 14.4. The summed E-state index contributed by atoms with van der Waals surface area (Å²) >= 11 is 5.60. The number of alkyl halides is 3. The molecule has 0 N–H and O–H groups in total. The molecule has 136 valence electrons. The highest BCUT2D eigenvalue weighted by molar-refractivity contribution is 6.28. The molecule has 0 bridgehead atoms. The lowest BCUT2D eigenvalue weighted by molar-refractivity contribution is -0.234. The first-order valence-electron chi connectivity index (χ1n) is 7.65. The number of ether oxygens (including phenoxy) is 3. The number of rotatable bonds is 5. The van der Waals surface area contributed by atoms with Crippen LogP contribution < -0.4 is 4.74 Å². The van der Waals surface area contributed by atoms with Crippen molar-refractivity contribution < 1.29 is 27.4 Å². The molecule has 1 fully saturated rings. The van der Waals surface area contributed by atoms with Gasteiger partial charge in [0.15, 0.2) is 6.29 Å². The van der Waals surface area contributed by atoms with Gasteiger partial charge >= 0.3 is 6.18 Å². The van der Waals surface area contributed by atoms with Gasteiger partial charge in [0.05, 0.1) is 0 Å². The van der Waals surface area contributed by atoms with E-state index < -0.39 is 35.6 Å². The molecule has 1 aliphatic rings. The Hall–Kier alpha value is -1.12. The van der Waals surface area contributed by atoms with E-state index in [0.29, 0.717) is 12.8 Å². The van der Waals surface area contributed by atoms with Crippen LogP contribution in [0.4, 0.5) is 13.2 Å². The molecule has 5 nitrogen and oxygen atoms in total. The summed E-state index contributed by atoms with van der Waals surface area (Å²) in [7, 11) is 0. The Morgan fingerprint density at radius 3 is 2.62 bits per heavy atom. The Morgan fingerprint density at radius 2 is 2.04 bits per heavy atom. The van der Waals surface area contributed by atoms with E-state index >= 15 is 0 Å². The maximum absolute atomic E-state index is 13.0. The Kier molecular flexibility index (Phi) is 5.93. The predicted octanol–water partition coefficient (Wildman–Crippen LogP) is 4.24. The van der Waals surface area contributed by atoms with Gasteiger partial charge in [0, 0.05) is 12.8 Å². The third-order valence-electron chi connectivity index (χ3n) is 3.87. The molecule has 1 unspecified atom stereocenters. The monoisotopic (exact) mass is 368 g/mol. The maximum atomic E-state index is 13.0. The van der Waals surface area contributed by atoms with Crippen LogP contribution >= 0.6 is 11.6 Å². The van der Waals surface area contributed by atoms with Gasteiger partial charge in [-0.2, -0.15) is 18.2 Å². The van der Waals surface area contributed by atoms with Gasteiger partial charge in [-0.1, -0.05) is 0 Å². The molecule has 9 heteroatoms. The Bertz CT molecular complexity index is 563. The number of halogens is 4. The lowest BCUT2D eigenvalue weighted by atomic mass is 10.0. The van der Waals surface area contributed by atoms with Crippen LogP contribution in [0.1, 0.15) is 45.6 Å². The van der Waals surface area contributed by atoms with Gasteiger partial charge in [-0.05, 0) is 51.6 Å². The minimum Gasteiger partial charge on any atom is -0.471 e. The number of hydrogen-bond donors (Lipinski definition) is 0. The summed E-state index contributed by atoms with van der Waals surface area (Å²) in [4.78, 5) is 6.94. The molecule has 1 saturated heterocycles. The SMILES string of the molecule is C[C@@H](Oc1nc(Cl)ncc1C(F)(F)F)C(C)(C)OC1CCCCO1. The summed E-state index contributed by atoms with van der Waals surface area (Å²) in [5.41, 5.74) is -1.97. The average Bonchev–Trinajstić information content (AvgIpc) is 2.46. The van der Waals surface area contributed by atoms with E-state index in [1.165, 1.54) is 0 Å². The third-order valence-corrected chi connectivity index (χ3v) is 4.05. The molecular formula is C15H20ClF3N2O3. The van der Waals surface area contributed by atoms with Crippen molar-refractivity contribution in [2.75, 3.05) is 6.61 Å². The fourth-order valence-corrected chi connectivity index (χ4v) is 2.30. The molecule has 0 spiro atoms. The smallest absolute Gasteiger partial charge is 0.423 e. The second-order valence-electron chi connectivity index (χ2n) is 6.13. The first-order chi connectivity index (χ1) is 11.1. The Morgan fingerprint density at radius 1 is 1.33 bits per heavy atom. The summed E-state index contributed by atoms with van der Waals surface area (Å²) < 4.78 is 55.9. The summed E-state index contributed by atoms with van der Waals surface area (Å²) in [5, 5.41) is -0.320. The van der Waals surface area contributed by atoms with E-state index in [1.807, 2.05) is 0 Å². The topological polar surface area (TPSA) is 53.5 Å². The first kappa shape index (κ1) is 19.2. The molecule has 24 heavy (non-hydrogen) atoms. The highest BCUT2D eigenvalue weighted by Gasteiger charge is 2.39. The number of nitrogens with zero attached hydrogens (tertiary/aromatic N) is 2. The lowest BCUT2D eigenvalue weighted by Crippen LogP contribution is -2.45. The first-order valence-corrected chi connectivity index (χ1v) is 8.03. The molecule has 2 atom stereocenters. The largest absolute Gasteiger partial charge is 0.471 e. The molecule has 0 aromatic carbocycles. The summed E-state index contributed by atoms with van der Waals surface area (Å²) in [6, 6.07) is 0. The van der Waals surface area contributed by atoms with Crippen molar-refractivity contribution in [2.24, 2.45) is 0 Å². The minimum absolute atomic E-state index is 0.320. The van der Waals surface area contributed by atoms with Crippen LogP contribution in [0, 0.1) is 0 Å². The summed E-state index contributed by atoms with van der Waals surface area (Å²) in [6.45, 7) is 5.67. The number of aromatic nitrogens is 2. The Balaban J connectivity index is 2.12. The molecule has 2 rings (SSSR count). The van der Waals surface area contributed by atoms with Crippen LogP contribution in [-0.2, 0) is 15.7 Å². The van der Waals surface area contributed by atoms with Gasteiger partial charge < -0.3 is 14.2 Å². The Labute approximate surface area is 143 Å². The van der Waals surface area contributed by atoms with E-state index in [2.05, 4.69) is 9.97 Å². The highest BCUT2D eigenvalue weighted by atomic mass is 35.5. The third kappa shape index (κ3) is 4.94. The van der Waals surface area contributed by atoms with E-state index in [1.54, 1.807) is 20.8 Å². The van der Waals surface area contributed by atoms with Crippen molar-refractivity contribution in [3.8, 4) is 5.88 Å². The van der Waals surface area contributed by atoms with Crippen LogP contribution in [0.3, 0.4) is 0 Å². The molecule has 0 saturated carbocycles. The quantitative estimate of drug-likeness (QED) is 0.728.